The van der Waals surface area contributed by atoms with E-state index in [2.05, 4.69) is 5.92 Å². The van der Waals surface area contributed by atoms with Crippen LogP contribution >= 0.6 is 10.7 Å². The predicted molar refractivity (Wildman–Crippen MR) is 64.6 cm³/mol. The lowest BCUT2D eigenvalue weighted by Crippen LogP contribution is -1.87. The number of aliphatic hydroxyl groups excluding tert-OH is 1. The van der Waals surface area contributed by atoms with Gasteiger partial charge < -0.3 is 5.11 Å². The SMILES string of the molecule is C#CCCCO.O=S(=O)(Cl)c1ccccc1. The summed E-state index contributed by atoms with van der Waals surface area (Å²) in [5.41, 5.74) is 0. The minimum absolute atomic E-state index is 0.136. The van der Waals surface area contributed by atoms with Gasteiger partial charge in [-0.05, 0) is 18.6 Å². The van der Waals surface area contributed by atoms with Gasteiger partial charge in [-0.15, -0.1) is 12.3 Å². The fraction of sp³-hybridized carbons (Fsp3) is 0.273. The van der Waals surface area contributed by atoms with Crippen molar-refractivity contribution in [1.29, 1.82) is 0 Å². The Morgan fingerprint density at radius 3 is 2.12 bits per heavy atom. The molecule has 0 radical (unpaired) electrons. The van der Waals surface area contributed by atoms with Crippen molar-refractivity contribution >= 4 is 19.7 Å². The molecule has 5 heteroatoms. The predicted octanol–water partition coefficient (Wildman–Crippen LogP) is 2.01. The minimum Gasteiger partial charge on any atom is -0.396 e. The van der Waals surface area contributed by atoms with Crippen molar-refractivity contribution in [2.24, 2.45) is 0 Å². The normalized spacial score (nSPS) is 9.81. The molecular weight excluding hydrogens is 248 g/mol. The first-order valence-electron chi connectivity index (χ1n) is 4.56. The number of terminal acetylenes is 1. The first-order chi connectivity index (χ1) is 7.52. The Bertz CT molecular complexity index is 420. The van der Waals surface area contributed by atoms with Crippen LogP contribution in [0.3, 0.4) is 0 Å². The lowest BCUT2D eigenvalue weighted by atomic mass is 10.3. The molecule has 16 heavy (non-hydrogen) atoms. The molecule has 0 saturated heterocycles. The largest absolute Gasteiger partial charge is 0.396 e. The van der Waals surface area contributed by atoms with Gasteiger partial charge in [0.1, 0.15) is 0 Å². The summed E-state index contributed by atoms with van der Waals surface area (Å²) in [5, 5.41) is 8.10. The second kappa shape index (κ2) is 8.17. The third kappa shape index (κ3) is 7.30. The van der Waals surface area contributed by atoms with Crippen LogP contribution in [0.25, 0.3) is 0 Å². The van der Waals surface area contributed by atoms with E-state index in [0.29, 0.717) is 6.42 Å². The van der Waals surface area contributed by atoms with Crippen molar-refractivity contribution in [3.05, 3.63) is 30.3 Å². The van der Waals surface area contributed by atoms with Crippen LogP contribution < -0.4 is 0 Å². The summed E-state index contributed by atoms with van der Waals surface area (Å²) in [6, 6.07) is 7.86. The molecule has 0 aliphatic rings. The summed E-state index contributed by atoms with van der Waals surface area (Å²) in [7, 11) is 1.50. The number of aliphatic hydroxyl groups is 1. The molecule has 0 heterocycles. The topological polar surface area (TPSA) is 54.4 Å². The number of rotatable bonds is 3. The Labute approximate surface area is 100 Å². The van der Waals surface area contributed by atoms with Crippen LogP contribution in [-0.2, 0) is 9.05 Å². The molecule has 0 bridgehead atoms. The molecule has 88 valence electrons. The quantitative estimate of drug-likeness (QED) is 0.514. The first kappa shape index (κ1) is 15.0. The van der Waals surface area contributed by atoms with Crippen LogP contribution in [-0.4, -0.2) is 20.1 Å². The number of benzene rings is 1. The van der Waals surface area contributed by atoms with Gasteiger partial charge in [0.05, 0.1) is 4.90 Å². The summed E-state index contributed by atoms with van der Waals surface area (Å²) in [4.78, 5) is 0.136. The second-order valence-corrected chi connectivity index (χ2v) is 5.35. The van der Waals surface area contributed by atoms with Gasteiger partial charge in [0.25, 0.3) is 9.05 Å². The number of halogens is 1. The van der Waals surface area contributed by atoms with Gasteiger partial charge in [0.15, 0.2) is 0 Å². The molecule has 1 aromatic carbocycles. The van der Waals surface area contributed by atoms with E-state index in [-0.39, 0.29) is 11.5 Å². The van der Waals surface area contributed by atoms with Crippen molar-refractivity contribution in [1.82, 2.24) is 0 Å². The van der Waals surface area contributed by atoms with Crippen LogP contribution in [0.15, 0.2) is 35.2 Å². The lowest BCUT2D eigenvalue weighted by Gasteiger charge is -1.91. The van der Waals surface area contributed by atoms with Crippen LogP contribution in [0.2, 0.25) is 0 Å². The fourth-order valence-corrected chi connectivity index (χ4v) is 1.55. The van der Waals surface area contributed by atoms with Gasteiger partial charge in [-0.2, -0.15) is 0 Å². The third-order valence-corrected chi connectivity index (χ3v) is 2.87. The molecule has 0 aliphatic heterocycles. The highest BCUT2D eigenvalue weighted by Crippen LogP contribution is 2.12. The summed E-state index contributed by atoms with van der Waals surface area (Å²) in [5.74, 6) is 2.41. The standard InChI is InChI=1S/C6H5ClO2S.C5H8O/c7-10(8,9)6-4-2-1-3-5-6;1-2-3-4-5-6/h1-5H;1,6H,3-5H2. The van der Waals surface area contributed by atoms with Crippen LogP contribution in [0.4, 0.5) is 0 Å². The van der Waals surface area contributed by atoms with E-state index in [4.69, 9.17) is 22.2 Å². The zero-order valence-electron chi connectivity index (χ0n) is 8.64. The lowest BCUT2D eigenvalue weighted by molar-refractivity contribution is 0.290. The molecule has 0 fully saturated rings. The Morgan fingerprint density at radius 2 is 1.88 bits per heavy atom. The molecule has 0 aliphatic carbocycles. The Kier molecular flexibility index (Phi) is 7.65. The molecule has 3 nitrogen and oxygen atoms in total. The van der Waals surface area contributed by atoms with Crippen LogP contribution in [0.1, 0.15) is 12.8 Å². The van der Waals surface area contributed by atoms with Gasteiger partial charge >= 0.3 is 0 Å². The summed E-state index contributed by atoms with van der Waals surface area (Å²) in [6.07, 6.45) is 6.28. The zero-order chi connectivity index (χ0) is 12.4. The van der Waals surface area contributed by atoms with E-state index in [9.17, 15) is 8.42 Å². The summed E-state index contributed by atoms with van der Waals surface area (Å²) >= 11 is 0. The monoisotopic (exact) mass is 260 g/mol. The average molecular weight is 261 g/mol. The van der Waals surface area contributed by atoms with E-state index in [1.807, 2.05) is 0 Å². The maximum Gasteiger partial charge on any atom is 0.261 e. The van der Waals surface area contributed by atoms with Crippen molar-refractivity contribution in [3.63, 3.8) is 0 Å². The van der Waals surface area contributed by atoms with Crippen molar-refractivity contribution in [2.75, 3.05) is 6.61 Å². The third-order valence-electron chi connectivity index (χ3n) is 1.50. The molecular formula is C11H13ClO3S. The van der Waals surface area contributed by atoms with E-state index in [1.54, 1.807) is 18.2 Å². The van der Waals surface area contributed by atoms with E-state index in [0.717, 1.165) is 6.42 Å². The molecule has 0 amide bonds. The molecule has 0 spiro atoms. The molecule has 0 saturated carbocycles. The highest BCUT2D eigenvalue weighted by molar-refractivity contribution is 8.13. The van der Waals surface area contributed by atoms with Crippen molar-refractivity contribution in [2.45, 2.75) is 17.7 Å². The highest BCUT2D eigenvalue weighted by atomic mass is 35.7. The number of hydrogen-bond acceptors (Lipinski definition) is 3. The molecule has 0 unspecified atom stereocenters. The maximum absolute atomic E-state index is 10.6. The maximum atomic E-state index is 10.6. The van der Waals surface area contributed by atoms with Crippen molar-refractivity contribution in [3.8, 4) is 12.3 Å². The van der Waals surface area contributed by atoms with Gasteiger partial charge in [-0.1, -0.05) is 18.2 Å². The molecule has 0 atom stereocenters. The molecule has 1 aromatic rings. The van der Waals surface area contributed by atoms with Crippen LogP contribution in [0, 0.1) is 12.3 Å². The van der Waals surface area contributed by atoms with Gasteiger partial charge in [-0.3, -0.25) is 0 Å². The van der Waals surface area contributed by atoms with Crippen LogP contribution in [0.5, 0.6) is 0 Å². The van der Waals surface area contributed by atoms with E-state index in [1.165, 1.54) is 12.1 Å². The minimum atomic E-state index is -3.53. The van der Waals surface area contributed by atoms with Gasteiger partial charge in [0.2, 0.25) is 0 Å². The Hall–Kier alpha value is -1.02. The number of hydrogen-bond donors (Lipinski definition) is 1. The highest BCUT2D eigenvalue weighted by Gasteiger charge is 2.06. The van der Waals surface area contributed by atoms with Gasteiger partial charge in [0, 0.05) is 23.7 Å². The average Bonchev–Trinajstić information content (AvgIpc) is 2.27. The second-order valence-electron chi connectivity index (χ2n) is 2.78. The Morgan fingerprint density at radius 1 is 1.31 bits per heavy atom. The summed E-state index contributed by atoms with van der Waals surface area (Å²) < 4.78 is 21.2. The van der Waals surface area contributed by atoms with Gasteiger partial charge in [-0.25, -0.2) is 8.42 Å². The zero-order valence-corrected chi connectivity index (χ0v) is 10.2. The summed E-state index contributed by atoms with van der Waals surface area (Å²) in [6.45, 7) is 0.212. The fourth-order valence-electron chi connectivity index (χ4n) is 0.764. The smallest absolute Gasteiger partial charge is 0.261 e. The number of unbranched alkanes of at least 4 members (excludes halogenated alkanes) is 1. The molecule has 0 aromatic heterocycles. The Balaban J connectivity index is 0.000000325. The van der Waals surface area contributed by atoms with Crippen molar-refractivity contribution < 1.29 is 13.5 Å². The molecule has 1 rings (SSSR count). The first-order valence-corrected chi connectivity index (χ1v) is 6.87. The van der Waals surface area contributed by atoms with E-state index >= 15 is 0 Å². The molecule has 1 N–H and O–H groups in total. The van der Waals surface area contributed by atoms with E-state index < -0.39 is 9.05 Å².